The summed E-state index contributed by atoms with van der Waals surface area (Å²) < 4.78 is 0. The highest BCUT2D eigenvalue weighted by Crippen LogP contribution is 2.21. The highest BCUT2D eigenvalue weighted by atomic mass is 16.3. The third-order valence-electron chi connectivity index (χ3n) is 4.10. The standard InChI is InChI=1S/C19H19NO3/c21-13-19(23)16-7-6-15-9-18(22)12-20(11-17(15)8-16)10-14-4-2-1-3-5-14/h1-8,21H,9-13H2. The van der Waals surface area contributed by atoms with Gasteiger partial charge in [0.15, 0.2) is 11.6 Å². The molecular formula is C19H19NO3. The molecule has 118 valence electrons. The zero-order valence-corrected chi connectivity index (χ0v) is 12.9. The number of fused-ring (bicyclic) bond motifs is 1. The van der Waals surface area contributed by atoms with Crippen molar-refractivity contribution < 1.29 is 14.7 Å². The van der Waals surface area contributed by atoms with E-state index in [1.807, 2.05) is 42.5 Å². The Labute approximate surface area is 135 Å². The maximum atomic E-state index is 12.2. The Hall–Kier alpha value is -2.30. The van der Waals surface area contributed by atoms with Gasteiger partial charge in [-0.15, -0.1) is 0 Å². The minimum Gasteiger partial charge on any atom is -0.388 e. The first-order valence-corrected chi connectivity index (χ1v) is 7.69. The predicted molar refractivity (Wildman–Crippen MR) is 87.1 cm³/mol. The first-order valence-electron chi connectivity index (χ1n) is 7.69. The third-order valence-corrected chi connectivity index (χ3v) is 4.10. The molecule has 0 saturated carbocycles. The van der Waals surface area contributed by atoms with Crippen molar-refractivity contribution in [2.75, 3.05) is 13.2 Å². The summed E-state index contributed by atoms with van der Waals surface area (Å²) in [6.07, 6.45) is 0.397. The molecule has 0 aliphatic carbocycles. The van der Waals surface area contributed by atoms with Crippen LogP contribution in [0.1, 0.15) is 27.0 Å². The largest absolute Gasteiger partial charge is 0.388 e. The van der Waals surface area contributed by atoms with Crippen molar-refractivity contribution in [3.05, 3.63) is 70.8 Å². The van der Waals surface area contributed by atoms with E-state index in [9.17, 15) is 9.59 Å². The molecule has 0 amide bonds. The molecule has 1 aliphatic heterocycles. The number of hydrogen-bond acceptors (Lipinski definition) is 4. The van der Waals surface area contributed by atoms with Crippen LogP contribution in [0.2, 0.25) is 0 Å². The third kappa shape index (κ3) is 3.73. The van der Waals surface area contributed by atoms with Gasteiger partial charge in [0.25, 0.3) is 0 Å². The summed E-state index contributed by atoms with van der Waals surface area (Å²) in [5, 5.41) is 9.02. The number of hydrogen-bond donors (Lipinski definition) is 1. The molecule has 3 rings (SSSR count). The summed E-state index contributed by atoms with van der Waals surface area (Å²) in [6.45, 7) is 1.24. The molecule has 2 aromatic carbocycles. The molecule has 23 heavy (non-hydrogen) atoms. The first kappa shape index (κ1) is 15.6. The van der Waals surface area contributed by atoms with Gasteiger partial charge in [0.2, 0.25) is 0 Å². The lowest BCUT2D eigenvalue weighted by Crippen LogP contribution is -2.27. The SMILES string of the molecule is O=C1Cc2ccc(C(=O)CO)cc2CN(Cc2ccccc2)C1. The van der Waals surface area contributed by atoms with E-state index >= 15 is 0 Å². The highest BCUT2D eigenvalue weighted by Gasteiger charge is 2.20. The van der Waals surface area contributed by atoms with Gasteiger partial charge in [-0.3, -0.25) is 14.5 Å². The Bertz CT molecular complexity index is 725. The van der Waals surface area contributed by atoms with Crippen LogP contribution in [0.3, 0.4) is 0 Å². The number of aliphatic hydroxyl groups is 1. The van der Waals surface area contributed by atoms with Gasteiger partial charge in [-0.2, -0.15) is 0 Å². The molecule has 0 aromatic heterocycles. The number of ketones is 2. The summed E-state index contributed by atoms with van der Waals surface area (Å²) in [5.41, 5.74) is 3.62. The maximum absolute atomic E-state index is 12.2. The maximum Gasteiger partial charge on any atom is 0.188 e. The van der Waals surface area contributed by atoms with Gasteiger partial charge in [0, 0.05) is 25.1 Å². The minimum atomic E-state index is -0.495. The van der Waals surface area contributed by atoms with Crippen LogP contribution in [-0.2, 0) is 24.3 Å². The zero-order valence-electron chi connectivity index (χ0n) is 12.9. The molecule has 0 saturated heterocycles. The topological polar surface area (TPSA) is 57.6 Å². The Morgan fingerprint density at radius 2 is 1.83 bits per heavy atom. The molecular weight excluding hydrogens is 290 g/mol. The number of rotatable bonds is 4. The van der Waals surface area contributed by atoms with E-state index in [0.29, 0.717) is 31.6 Å². The van der Waals surface area contributed by atoms with E-state index in [2.05, 4.69) is 4.90 Å². The van der Waals surface area contributed by atoms with Crippen LogP contribution in [0.15, 0.2) is 48.5 Å². The van der Waals surface area contributed by atoms with Crippen molar-refractivity contribution in [1.82, 2.24) is 4.90 Å². The number of carbonyl (C=O) groups is 2. The van der Waals surface area contributed by atoms with Crippen LogP contribution < -0.4 is 0 Å². The molecule has 0 fully saturated rings. The van der Waals surface area contributed by atoms with Gasteiger partial charge in [0.05, 0.1) is 6.54 Å². The highest BCUT2D eigenvalue weighted by molar-refractivity contribution is 5.97. The number of aliphatic hydroxyl groups excluding tert-OH is 1. The monoisotopic (exact) mass is 309 g/mol. The van der Waals surface area contributed by atoms with Crippen LogP contribution in [0, 0.1) is 0 Å². The van der Waals surface area contributed by atoms with E-state index < -0.39 is 6.61 Å². The molecule has 1 N–H and O–H groups in total. The normalized spacial score (nSPS) is 15.1. The predicted octanol–water partition coefficient (Wildman–Crippen LogP) is 1.99. The quantitative estimate of drug-likeness (QED) is 0.878. The van der Waals surface area contributed by atoms with Gasteiger partial charge in [-0.05, 0) is 22.8 Å². The molecule has 0 unspecified atom stereocenters. The Morgan fingerprint density at radius 3 is 2.57 bits per heavy atom. The fraction of sp³-hybridized carbons (Fsp3) is 0.263. The molecule has 1 aliphatic rings. The number of benzene rings is 2. The Balaban J connectivity index is 1.86. The lowest BCUT2D eigenvalue weighted by atomic mass is 9.99. The van der Waals surface area contributed by atoms with Gasteiger partial charge in [0.1, 0.15) is 6.61 Å². The van der Waals surface area contributed by atoms with Crippen molar-refractivity contribution >= 4 is 11.6 Å². The van der Waals surface area contributed by atoms with Crippen LogP contribution in [0.25, 0.3) is 0 Å². The average molecular weight is 309 g/mol. The second-order valence-corrected chi connectivity index (χ2v) is 5.91. The zero-order chi connectivity index (χ0) is 16.2. The van der Waals surface area contributed by atoms with Crippen molar-refractivity contribution in [2.24, 2.45) is 0 Å². The van der Waals surface area contributed by atoms with Gasteiger partial charge >= 0.3 is 0 Å². The van der Waals surface area contributed by atoms with Crippen LogP contribution in [0.4, 0.5) is 0 Å². The summed E-state index contributed by atoms with van der Waals surface area (Å²) in [7, 11) is 0. The summed E-state index contributed by atoms with van der Waals surface area (Å²) in [5.74, 6) is -0.112. The first-order chi connectivity index (χ1) is 11.2. The Morgan fingerprint density at radius 1 is 1.04 bits per heavy atom. The molecule has 0 spiro atoms. The van der Waals surface area contributed by atoms with Crippen molar-refractivity contribution in [2.45, 2.75) is 19.5 Å². The smallest absolute Gasteiger partial charge is 0.188 e. The van der Waals surface area contributed by atoms with E-state index in [-0.39, 0.29) is 11.6 Å². The molecule has 1 heterocycles. The number of carbonyl (C=O) groups excluding carboxylic acids is 2. The van der Waals surface area contributed by atoms with Crippen molar-refractivity contribution in [3.63, 3.8) is 0 Å². The lowest BCUT2D eigenvalue weighted by Gasteiger charge is -2.20. The number of nitrogens with zero attached hydrogens (tertiary/aromatic N) is 1. The van der Waals surface area contributed by atoms with Crippen molar-refractivity contribution in [1.29, 1.82) is 0 Å². The molecule has 0 bridgehead atoms. The molecule has 2 aromatic rings. The fourth-order valence-electron chi connectivity index (χ4n) is 2.98. The van der Waals surface area contributed by atoms with Crippen molar-refractivity contribution in [3.8, 4) is 0 Å². The van der Waals surface area contributed by atoms with Gasteiger partial charge < -0.3 is 5.11 Å². The molecule has 4 nitrogen and oxygen atoms in total. The minimum absolute atomic E-state index is 0.181. The van der Waals surface area contributed by atoms with E-state index in [1.165, 1.54) is 0 Å². The lowest BCUT2D eigenvalue weighted by molar-refractivity contribution is -0.119. The second kappa shape index (κ2) is 6.86. The molecule has 4 heteroatoms. The summed E-state index contributed by atoms with van der Waals surface area (Å²) in [6, 6.07) is 15.4. The van der Waals surface area contributed by atoms with E-state index in [0.717, 1.165) is 16.7 Å². The average Bonchev–Trinajstić information content (AvgIpc) is 2.71. The molecule has 0 atom stereocenters. The summed E-state index contributed by atoms with van der Waals surface area (Å²) >= 11 is 0. The molecule has 0 radical (unpaired) electrons. The van der Waals surface area contributed by atoms with E-state index in [1.54, 1.807) is 6.07 Å². The number of Topliss-reactive ketones (excluding diaryl/α,β-unsaturated/α-hetero) is 2. The fourth-order valence-corrected chi connectivity index (χ4v) is 2.98. The van der Waals surface area contributed by atoms with Crippen LogP contribution >= 0.6 is 0 Å². The van der Waals surface area contributed by atoms with Gasteiger partial charge in [-0.1, -0.05) is 42.5 Å². The Kier molecular flexibility index (Phi) is 4.65. The van der Waals surface area contributed by atoms with Crippen LogP contribution in [-0.4, -0.2) is 34.7 Å². The van der Waals surface area contributed by atoms with E-state index in [4.69, 9.17) is 5.11 Å². The summed E-state index contributed by atoms with van der Waals surface area (Å²) in [4.78, 5) is 26.0. The van der Waals surface area contributed by atoms with Crippen LogP contribution in [0.5, 0.6) is 0 Å². The second-order valence-electron chi connectivity index (χ2n) is 5.91. The van der Waals surface area contributed by atoms with Gasteiger partial charge in [-0.25, -0.2) is 0 Å².